The first-order valence-electron chi connectivity index (χ1n) is 12.7. The third kappa shape index (κ3) is 5.23. The predicted molar refractivity (Wildman–Crippen MR) is 133 cm³/mol. The van der Waals surface area contributed by atoms with Crippen LogP contribution >= 0.6 is 11.6 Å². The number of alkyl halides is 1. The van der Waals surface area contributed by atoms with Crippen molar-refractivity contribution in [2.45, 2.75) is 55.5 Å². The van der Waals surface area contributed by atoms with Gasteiger partial charge < -0.3 is 19.3 Å². The molecule has 2 aromatic rings. The van der Waals surface area contributed by atoms with Crippen LogP contribution in [0.2, 0.25) is 0 Å². The molecule has 1 saturated carbocycles. The molecule has 1 N–H and O–H groups in total. The second-order valence-corrected chi connectivity index (χ2v) is 10.9. The van der Waals surface area contributed by atoms with Crippen molar-refractivity contribution >= 4 is 11.6 Å². The second kappa shape index (κ2) is 10.4. The van der Waals surface area contributed by atoms with Gasteiger partial charge in [-0.15, -0.1) is 0 Å². The summed E-state index contributed by atoms with van der Waals surface area (Å²) in [5.41, 5.74) is -0.0777. The van der Waals surface area contributed by atoms with E-state index in [0.29, 0.717) is 18.1 Å². The molecule has 0 aromatic heterocycles. The Balaban J connectivity index is 1.15. The van der Waals surface area contributed by atoms with Crippen molar-refractivity contribution in [1.82, 2.24) is 4.90 Å². The van der Waals surface area contributed by atoms with E-state index in [1.54, 1.807) is 0 Å². The minimum atomic E-state index is -0.999. The number of aliphatic hydroxyl groups is 1. The van der Waals surface area contributed by atoms with Gasteiger partial charge in [0.2, 0.25) is 0 Å². The van der Waals surface area contributed by atoms with Crippen LogP contribution in [-0.4, -0.2) is 48.1 Å². The Kier molecular flexibility index (Phi) is 7.35. The van der Waals surface area contributed by atoms with Gasteiger partial charge in [-0.25, -0.2) is 0 Å². The Labute approximate surface area is 208 Å². The summed E-state index contributed by atoms with van der Waals surface area (Å²) in [7, 11) is 0. The van der Waals surface area contributed by atoms with Gasteiger partial charge in [0, 0.05) is 19.2 Å². The maximum absolute atomic E-state index is 11.7. The number of ether oxygens (including phenoxy) is 3. The fourth-order valence-electron chi connectivity index (χ4n) is 5.98. The van der Waals surface area contributed by atoms with Crippen molar-refractivity contribution in [1.29, 1.82) is 0 Å². The molecule has 0 radical (unpaired) electrons. The molecule has 2 bridgehead atoms. The van der Waals surface area contributed by atoms with Crippen LogP contribution in [0.5, 0.6) is 11.5 Å². The molecule has 5 nitrogen and oxygen atoms in total. The first-order chi connectivity index (χ1) is 16.6. The highest BCUT2D eigenvalue weighted by Gasteiger charge is 2.44. The maximum atomic E-state index is 11.7. The summed E-state index contributed by atoms with van der Waals surface area (Å²) in [6.45, 7) is 2.95. The fraction of sp³-hybridized carbons (Fsp3) is 0.571. The molecule has 6 heteroatoms. The van der Waals surface area contributed by atoms with Crippen molar-refractivity contribution < 1.29 is 19.3 Å². The number of nitrogens with zero attached hydrogens (tertiary/aromatic N) is 1. The van der Waals surface area contributed by atoms with Gasteiger partial charge in [-0.1, -0.05) is 60.8 Å². The van der Waals surface area contributed by atoms with Gasteiger partial charge in [0.05, 0.1) is 6.61 Å². The highest BCUT2D eigenvalue weighted by molar-refractivity contribution is 6.23. The highest BCUT2D eigenvalue weighted by Crippen LogP contribution is 2.42. The Morgan fingerprint density at radius 3 is 2.32 bits per heavy atom. The van der Waals surface area contributed by atoms with Crippen LogP contribution in [0.3, 0.4) is 0 Å². The van der Waals surface area contributed by atoms with E-state index in [4.69, 9.17) is 25.8 Å². The zero-order chi connectivity index (χ0) is 23.4. The molecular formula is C28H36ClNO4. The number of fused-ring (bicyclic) bond motifs is 3. The van der Waals surface area contributed by atoms with Gasteiger partial charge in [-0.2, -0.15) is 0 Å². The van der Waals surface area contributed by atoms with Crippen molar-refractivity contribution in [2.24, 2.45) is 11.8 Å². The molecule has 2 atom stereocenters. The Hall–Kier alpha value is -1.79. The molecule has 3 heterocycles. The maximum Gasteiger partial charge on any atom is 0.189 e. The number of hydrogen-bond donors (Lipinski definition) is 1. The summed E-state index contributed by atoms with van der Waals surface area (Å²) in [6, 6.07) is 17.5. The number of hydrogen-bond acceptors (Lipinski definition) is 5. The lowest BCUT2D eigenvalue weighted by Gasteiger charge is -2.50. The SMILES string of the molecule is OC(COc1cccc(OCOC[C@]2(Cl)CC3CCN2CC3)c1)(c1ccccc1)C1CCCC1. The second-order valence-electron chi connectivity index (χ2n) is 10.2. The summed E-state index contributed by atoms with van der Waals surface area (Å²) in [6.07, 6.45) is 7.85. The first-order valence-corrected chi connectivity index (χ1v) is 13.1. The molecular weight excluding hydrogens is 450 g/mol. The van der Waals surface area contributed by atoms with E-state index in [2.05, 4.69) is 4.90 Å². The zero-order valence-electron chi connectivity index (χ0n) is 19.8. The molecule has 0 amide bonds. The summed E-state index contributed by atoms with van der Waals surface area (Å²) in [5.74, 6) is 2.28. The van der Waals surface area contributed by atoms with Gasteiger partial charge in [-0.05, 0) is 61.6 Å². The third-order valence-electron chi connectivity index (χ3n) is 7.98. The molecule has 0 spiro atoms. The highest BCUT2D eigenvalue weighted by atomic mass is 35.5. The molecule has 34 heavy (non-hydrogen) atoms. The van der Waals surface area contributed by atoms with Crippen LogP contribution < -0.4 is 9.47 Å². The number of rotatable bonds is 10. The van der Waals surface area contributed by atoms with E-state index < -0.39 is 10.6 Å². The average Bonchev–Trinajstić information content (AvgIpc) is 3.43. The lowest BCUT2D eigenvalue weighted by Crippen LogP contribution is -2.57. The van der Waals surface area contributed by atoms with Gasteiger partial charge in [0.15, 0.2) is 6.79 Å². The van der Waals surface area contributed by atoms with Crippen molar-refractivity contribution in [3.8, 4) is 11.5 Å². The normalized spacial score (nSPS) is 28.5. The van der Waals surface area contributed by atoms with Gasteiger partial charge in [-0.3, -0.25) is 4.90 Å². The molecule has 1 unspecified atom stereocenters. The van der Waals surface area contributed by atoms with E-state index in [-0.39, 0.29) is 19.3 Å². The number of benzene rings is 2. The van der Waals surface area contributed by atoms with Gasteiger partial charge >= 0.3 is 0 Å². The zero-order valence-corrected chi connectivity index (χ0v) is 20.6. The molecule has 184 valence electrons. The minimum Gasteiger partial charge on any atom is -0.490 e. The van der Waals surface area contributed by atoms with E-state index in [1.165, 1.54) is 12.8 Å². The summed E-state index contributed by atoms with van der Waals surface area (Å²) >= 11 is 6.87. The van der Waals surface area contributed by atoms with Crippen molar-refractivity contribution in [3.63, 3.8) is 0 Å². The number of halogens is 1. The Bertz CT molecular complexity index is 929. The van der Waals surface area contributed by atoms with Crippen LogP contribution in [0, 0.1) is 11.8 Å². The van der Waals surface area contributed by atoms with E-state index in [0.717, 1.165) is 56.7 Å². The largest absolute Gasteiger partial charge is 0.490 e. The lowest BCUT2D eigenvalue weighted by molar-refractivity contribution is -0.0652. The quantitative estimate of drug-likeness (QED) is 0.207. The average molecular weight is 486 g/mol. The third-order valence-corrected chi connectivity index (χ3v) is 8.49. The molecule has 4 aliphatic rings. The van der Waals surface area contributed by atoms with Crippen LogP contribution in [-0.2, 0) is 10.3 Å². The van der Waals surface area contributed by atoms with Crippen LogP contribution in [0.25, 0.3) is 0 Å². The topological polar surface area (TPSA) is 51.2 Å². The molecule has 3 aliphatic heterocycles. The molecule has 6 rings (SSSR count). The standard InChI is InChI=1S/C28H36ClNO4/c29-27(18-22-13-15-30(27)16-14-22)19-32-21-34-26-12-6-11-25(17-26)33-20-28(31,24-9-4-5-10-24)23-7-2-1-3-8-23/h1-3,6-8,11-12,17,22,24,31H,4-5,9-10,13-16,18-21H2/t27-,28?/m0/s1. The van der Waals surface area contributed by atoms with E-state index in [9.17, 15) is 5.11 Å². The predicted octanol–water partition coefficient (Wildman–Crippen LogP) is 5.55. The van der Waals surface area contributed by atoms with E-state index >= 15 is 0 Å². The van der Waals surface area contributed by atoms with Crippen LogP contribution in [0.15, 0.2) is 54.6 Å². The van der Waals surface area contributed by atoms with E-state index in [1.807, 2.05) is 54.6 Å². The van der Waals surface area contributed by atoms with Gasteiger partial charge in [0.1, 0.15) is 28.7 Å². The fourth-order valence-corrected chi connectivity index (χ4v) is 6.45. The minimum absolute atomic E-state index is 0.145. The summed E-state index contributed by atoms with van der Waals surface area (Å²) in [4.78, 5) is 1.96. The molecule has 3 saturated heterocycles. The van der Waals surface area contributed by atoms with Crippen molar-refractivity contribution in [3.05, 3.63) is 60.2 Å². The Morgan fingerprint density at radius 2 is 1.65 bits per heavy atom. The molecule has 4 fully saturated rings. The summed E-state index contributed by atoms with van der Waals surface area (Å²) in [5, 5.41) is 11.7. The summed E-state index contributed by atoms with van der Waals surface area (Å²) < 4.78 is 17.8. The lowest BCUT2D eigenvalue weighted by atomic mass is 9.81. The first kappa shape index (κ1) is 23.9. The molecule has 2 aromatic carbocycles. The monoisotopic (exact) mass is 485 g/mol. The van der Waals surface area contributed by atoms with Crippen molar-refractivity contribution in [2.75, 3.05) is 33.1 Å². The molecule has 1 aliphatic carbocycles. The van der Waals surface area contributed by atoms with Crippen LogP contribution in [0.1, 0.15) is 50.5 Å². The Morgan fingerprint density at radius 1 is 0.941 bits per heavy atom. The smallest absolute Gasteiger partial charge is 0.189 e. The number of piperidine rings is 3. The van der Waals surface area contributed by atoms with Gasteiger partial charge in [0.25, 0.3) is 0 Å². The van der Waals surface area contributed by atoms with Crippen LogP contribution in [0.4, 0.5) is 0 Å².